The van der Waals surface area contributed by atoms with Gasteiger partial charge in [0.25, 0.3) is 11.8 Å². The van der Waals surface area contributed by atoms with Crippen molar-refractivity contribution in [3.05, 3.63) is 113 Å². The molecule has 0 radical (unpaired) electrons. The van der Waals surface area contributed by atoms with Gasteiger partial charge in [-0.3, -0.25) is 14.9 Å². The van der Waals surface area contributed by atoms with Gasteiger partial charge in [0.05, 0.1) is 5.69 Å². The zero-order chi connectivity index (χ0) is 25.2. The van der Waals surface area contributed by atoms with E-state index in [4.69, 9.17) is 4.74 Å². The van der Waals surface area contributed by atoms with Crippen molar-refractivity contribution in [2.75, 3.05) is 4.90 Å². The maximum absolute atomic E-state index is 14.2. The lowest BCUT2D eigenvalue weighted by Crippen LogP contribution is -2.54. The molecule has 0 aliphatic carbocycles. The van der Waals surface area contributed by atoms with Gasteiger partial charge in [-0.15, -0.1) is 0 Å². The van der Waals surface area contributed by atoms with Crippen molar-refractivity contribution in [1.29, 1.82) is 0 Å². The summed E-state index contributed by atoms with van der Waals surface area (Å²) in [5.41, 5.74) is 1.71. The number of carbonyl (C=O) groups is 3. The molecule has 0 atom stereocenters. The Balaban J connectivity index is 1.60. The van der Waals surface area contributed by atoms with E-state index in [1.165, 1.54) is 12.1 Å². The van der Waals surface area contributed by atoms with Crippen LogP contribution in [0.2, 0.25) is 0 Å². The maximum Gasteiger partial charge on any atom is 0.335 e. The number of halogens is 1. The number of para-hydroxylation sites is 1. The van der Waals surface area contributed by atoms with Crippen LogP contribution >= 0.6 is 0 Å². The molecule has 0 spiro atoms. The molecule has 4 aromatic rings. The molecule has 1 N–H and O–H groups in total. The number of urea groups is 1. The summed E-state index contributed by atoms with van der Waals surface area (Å²) in [7, 11) is 0. The number of amides is 4. The summed E-state index contributed by atoms with van der Waals surface area (Å²) < 4.78 is 20.1. The van der Waals surface area contributed by atoms with Gasteiger partial charge in [-0.2, -0.15) is 0 Å². The molecule has 1 aliphatic rings. The van der Waals surface area contributed by atoms with Gasteiger partial charge in [0.1, 0.15) is 23.7 Å². The number of nitrogens with one attached hydrogen (secondary N) is 1. The van der Waals surface area contributed by atoms with Crippen LogP contribution in [0.4, 0.5) is 14.9 Å². The minimum Gasteiger partial charge on any atom is -0.488 e. The van der Waals surface area contributed by atoms with E-state index in [0.717, 1.165) is 15.7 Å². The summed E-state index contributed by atoms with van der Waals surface area (Å²) in [6.07, 6.45) is 1.42. The molecule has 5 rings (SSSR count). The monoisotopic (exact) mass is 480 g/mol. The fourth-order valence-corrected chi connectivity index (χ4v) is 4.16. The summed E-state index contributed by atoms with van der Waals surface area (Å²) in [6, 6.07) is 23.4. The third-order valence-corrected chi connectivity index (χ3v) is 6.02. The molecule has 0 saturated carbocycles. The van der Waals surface area contributed by atoms with Gasteiger partial charge in [-0.05, 0) is 47.5 Å². The van der Waals surface area contributed by atoms with Crippen LogP contribution in [0.25, 0.3) is 16.8 Å². The van der Waals surface area contributed by atoms with E-state index in [2.05, 4.69) is 5.32 Å². The number of rotatable bonds is 5. The van der Waals surface area contributed by atoms with E-state index < -0.39 is 23.7 Å². The van der Waals surface area contributed by atoms with Gasteiger partial charge < -0.3 is 4.74 Å². The van der Waals surface area contributed by atoms with E-state index in [-0.39, 0.29) is 12.2 Å². The molecule has 1 aliphatic heterocycles. The Bertz CT molecular complexity index is 1560. The molecule has 36 heavy (non-hydrogen) atoms. The molecule has 0 bridgehead atoms. The van der Waals surface area contributed by atoms with E-state index in [1.807, 2.05) is 30.3 Å². The minimum atomic E-state index is -0.814. The average Bonchev–Trinajstić information content (AvgIpc) is 2.87. The molecule has 7 heteroatoms. The predicted molar refractivity (Wildman–Crippen MR) is 135 cm³/mol. The van der Waals surface area contributed by atoms with Crippen molar-refractivity contribution in [3.63, 3.8) is 0 Å². The summed E-state index contributed by atoms with van der Waals surface area (Å²) in [4.78, 5) is 39.8. The highest BCUT2D eigenvalue weighted by Crippen LogP contribution is 2.33. The second kappa shape index (κ2) is 9.46. The van der Waals surface area contributed by atoms with Gasteiger partial charge in [0, 0.05) is 11.1 Å². The number of anilines is 1. The number of hydrogen-bond acceptors (Lipinski definition) is 4. The van der Waals surface area contributed by atoms with Gasteiger partial charge >= 0.3 is 6.03 Å². The molecule has 6 nitrogen and oxygen atoms in total. The third-order valence-electron chi connectivity index (χ3n) is 6.02. The summed E-state index contributed by atoms with van der Waals surface area (Å²) in [5.74, 6) is -1.58. The topological polar surface area (TPSA) is 75.7 Å². The molecule has 1 fully saturated rings. The van der Waals surface area contributed by atoms with Crippen LogP contribution in [0.3, 0.4) is 0 Å². The summed E-state index contributed by atoms with van der Waals surface area (Å²) in [5, 5.41) is 3.85. The van der Waals surface area contributed by atoms with E-state index in [9.17, 15) is 18.8 Å². The van der Waals surface area contributed by atoms with Gasteiger partial charge in [-0.25, -0.2) is 14.1 Å². The highest BCUT2D eigenvalue weighted by molar-refractivity contribution is 6.39. The molecular weight excluding hydrogens is 459 g/mol. The highest BCUT2D eigenvalue weighted by atomic mass is 19.1. The molecule has 4 amide bonds. The van der Waals surface area contributed by atoms with Gasteiger partial charge in [0.2, 0.25) is 0 Å². The fourth-order valence-electron chi connectivity index (χ4n) is 4.16. The first-order valence-electron chi connectivity index (χ1n) is 11.3. The maximum atomic E-state index is 14.2. The highest BCUT2D eigenvalue weighted by Gasteiger charge is 2.37. The number of fused-ring (bicyclic) bond motifs is 1. The Morgan fingerprint density at radius 1 is 0.889 bits per heavy atom. The Labute approximate surface area is 206 Å². The molecule has 1 heterocycles. The van der Waals surface area contributed by atoms with Crippen LogP contribution in [0.5, 0.6) is 5.75 Å². The number of barbiturate groups is 1. The summed E-state index contributed by atoms with van der Waals surface area (Å²) >= 11 is 0. The van der Waals surface area contributed by atoms with E-state index in [0.29, 0.717) is 28.1 Å². The zero-order valence-corrected chi connectivity index (χ0v) is 19.3. The van der Waals surface area contributed by atoms with Gasteiger partial charge in [-0.1, -0.05) is 66.7 Å². The first-order valence-corrected chi connectivity index (χ1v) is 11.3. The molecular formula is C29H21FN2O4. The van der Waals surface area contributed by atoms with Crippen LogP contribution in [0, 0.1) is 12.7 Å². The molecule has 0 unspecified atom stereocenters. The van der Waals surface area contributed by atoms with Crippen LogP contribution in [-0.4, -0.2) is 17.8 Å². The molecule has 178 valence electrons. The van der Waals surface area contributed by atoms with Crippen molar-refractivity contribution in [2.45, 2.75) is 13.5 Å². The number of carbonyl (C=O) groups excluding carboxylic acids is 3. The number of hydrogen-bond donors (Lipinski definition) is 1. The summed E-state index contributed by atoms with van der Waals surface area (Å²) in [6.45, 7) is 1.73. The van der Waals surface area contributed by atoms with Crippen LogP contribution < -0.4 is 15.0 Å². The largest absolute Gasteiger partial charge is 0.488 e. The van der Waals surface area contributed by atoms with Crippen LogP contribution in [0.15, 0.2) is 90.5 Å². The first-order chi connectivity index (χ1) is 17.4. The Morgan fingerprint density at radius 2 is 1.61 bits per heavy atom. The van der Waals surface area contributed by atoms with Crippen LogP contribution in [-0.2, 0) is 16.2 Å². The minimum absolute atomic E-state index is 0.0465. The molecule has 4 aromatic carbocycles. The first kappa shape index (κ1) is 23.0. The van der Waals surface area contributed by atoms with Crippen LogP contribution in [0.1, 0.15) is 16.7 Å². The quantitative estimate of drug-likeness (QED) is 0.301. The van der Waals surface area contributed by atoms with Crippen molar-refractivity contribution in [1.82, 2.24) is 5.32 Å². The smallest absolute Gasteiger partial charge is 0.335 e. The predicted octanol–water partition coefficient (Wildman–Crippen LogP) is 5.53. The second-order valence-corrected chi connectivity index (χ2v) is 8.32. The number of aryl methyl sites for hydroxylation is 1. The lowest BCUT2D eigenvalue weighted by atomic mass is 9.99. The second-order valence-electron chi connectivity index (χ2n) is 8.32. The lowest BCUT2D eigenvalue weighted by Gasteiger charge is -2.27. The van der Waals surface area contributed by atoms with Crippen molar-refractivity contribution in [3.8, 4) is 5.75 Å². The zero-order valence-electron chi connectivity index (χ0n) is 19.3. The number of benzene rings is 4. The SMILES string of the molecule is Cc1ccccc1N1C(=O)NC(=O)/C(=C\c2c(OCc3ccccc3F)ccc3ccccc23)C1=O. The molecule has 1 saturated heterocycles. The third kappa shape index (κ3) is 4.22. The lowest BCUT2D eigenvalue weighted by molar-refractivity contribution is -0.122. The molecule has 0 aromatic heterocycles. The van der Waals surface area contributed by atoms with E-state index in [1.54, 1.807) is 55.5 Å². The Kier molecular flexibility index (Phi) is 6.04. The number of nitrogens with zero attached hydrogens (tertiary/aromatic N) is 1. The van der Waals surface area contributed by atoms with Crippen molar-refractivity contribution in [2.24, 2.45) is 0 Å². The van der Waals surface area contributed by atoms with E-state index >= 15 is 0 Å². The Hall–Kier alpha value is -4.78. The van der Waals surface area contributed by atoms with Crippen molar-refractivity contribution >= 4 is 40.4 Å². The normalized spacial score (nSPS) is 14.9. The number of ether oxygens (including phenoxy) is 1. The Morgan fingerprint density at radius 3 is 2.42 bits per heavy atom. The average molecular weight is 480 g/mol. The number of imide groups is 2. The van der Waals surface area contributed by atoms with Gasteiger partial charge in [0.15, 0.2) is 0 Å². The standard InChI is InChI=1S/C29H21FN2O4/c1-18-8-2-7-13-25(18)32-28(34)23(27(33)31-29(32)35)16-22-21-11-5-3-9-19(21)14-15-26(22)36-17-20-10-4-6-12-24(20)30/h2-16H,17H2,1H3,(H,31,33,35)/b23-16+. The fraction of sp³-hybridized carbons (Fsp3) is 0.0690. The van der Waals surface area contributed by atoms with Crippen molar-refractivity contribution < 1.29 is 23.5 Å².